The van der Waals surface area contributed by atoms with Gasteiger partial charge in [0.15, 0.2) is 0 Å². The van der Waals surface area contributed by atoms with Gasteiger partial charge < -0.3 is 5.32 Å². The lowest BCUT2D eigenvalue weighted by Gasteiger charge is -2.01. The maximum absolute atomic E-state index is 11.0. The number of thiazole rings is 1. The molecule has 3 nitrogen and oxygen atoms in total. The normalized spacial score (nSPS) is 10.7. The number of nitrogens with one attached hydrogen (secondary N) is 1. The summed E-state index contributed by atoms with van der Waals surface area (Å²) in [5, 5.41) is 6.09. The molecule has 0 fully saturated rings. The first-order chi connectivity index (χ1) is 7.13. The Bertz CT molecular complexity index is 320. The Kier molecular flexibility index (Phi) is 4.75. The number of amides is 1. The summed E-state index contributed by atoms with van der Waals surface area (Å²) >= 11 is 1.70. The molecule has 1 N–H and O–H groups in total. The van der Waals surface area contributed by atoms with E-state index in [2.05, 4.69) is 29.5 Å². The zero-order chi connectivity index (χ0) is 11.3. The maximum atomic E-state index is 11.0. The Morgan fingerprint density at radius 3 is 2.87 bits per heavy atom. The molecule has 0 saturated heterocycles. The smallest absolute Gasteiger partial charge is 0.219 e. The van der Waals surface area contributed by atoms with Crippen molar-refractivity contribution in [3.05, 3.63) is 16.1 Å². The molecule has 0 saturated carbocycles. The second-order valence-corrected chi connectivity index (χ2v) is 4.67. The molecule has 0 spiro atoms. The van der Waals surface area contributed by atoms with Crippen molar-refractivity contribution < 1.29 is 4.79 Å². The van der Waals surface area contributed by atoms with Crippen LogP contribution < -0.4 is 5.32 Å². The van der Waals surface area contributed by atoms with Gasteiger partial charge in [-0.15, -0.1) is 11.3 Å². The molecule has 0 unspecified atom stereocenters. The van der Waals surface area contributed by atoms with E-state index in [9.17, 15) is 4.79 Å². The number of rotatable bonds is 5. The molecular weight excluding hydrogens is 208 g/mol. The van der Waals surface area contributed by atoms with Crippen molar-refractivity contribution >= 4 is 17.2 Å². The van der Waals surface area contributed by atoms with E-state index in [1.165, 1.54) is 5.01 Å². The molecule has 0 atom stereocenters. The van der Waals surface area contributed by atoms with Crippen molar-refractivity contribution in [2.75, 3.05) is 6.54 Å². The summed E-state index contributed by atoms with van der Waals surface area (Å²) in [5.41, 5.74) is 1.08. The fraction of sp³-hybridized carbons (Fsp3) is 0.636. The Balaban J connectivity index is 2.34. The quantitative estimate of drug-likeness (QED) is 0.837. The van der Waals surface area contributed by atoms with Crippen LogP contribution in [0.25, 0.3) is 0 Å². The van der Waals surface area contributed by atoms with E-state index in [0.717, 1.165) is 12.1 Å². The van der Waals surface area contributed by atoms with E-state index in [1.54, 1.807) is 11.3 Å². The minimum Gasteiger partial charge on any atom is -0.356 e. The average Bonchev–Trinajstić information content (AvgIpc) is 2.66. The molecule has 84 valence electrons. The van der Waals surface area contributed by atoms with Gasteiger partial charge in [0.1, 0.15) is 0 Å². The summed E-state index contributed by atoms with van der Waals surface area (Å²) in [7, 11) is 0. The molecule has 1 amide bonds. The highest BCUT2D eigenvalue weighted by atomic mass is 32.1. The van der Waals surface area contributed by atoms with E-state index in [-0.39, 0.29) is 5.91 Å². The van der Waals surface area contributed by atoms with Gasteiger partial charge in [-0.1, -0.05) is 20.8 Å². The molecule has 0 aliphatic heterocycles. The second kappa shape index (κ2) is 5.85. The van der Waals surface area contributed by atoms with E-state index in [1.807, 2.05) is 6.92 Å². The summed E-state index contributed by atoms with van der Waals surface area (Å²) < 4.78 is 0. The van der Waals surface area contributed by atoms with Crippen LogP contribution in [0.15, 0.2) is 5.38 Å². The topological polar surface area (TPSA) is 42.0 Å². The molecule has 1 aromatic rings. The lowest BCUT2D eigenvalue weighted by atomic mass is 10.2. The van der Waals surface area contributed by atoms with Gasteiger partial charge in [-0.25, -0.2) is 4.98 Å². The van der Waals surface area contributed by atoms with Crippen molar-refractivity contribution in [2.45, 2.75) is 39.5 Å². The minimum atomic E-state index is 0.106. The van der Waals surface area contributed by atoms with Gasteiger partial charge in [-0.05, 0) is 0 Å². The van der Waals surface area contributed by atoms with E-state index < -0.39 is 0 Å². The molecule has 4 heteroatoms. The highest BCUT2D eigenvalue weighted by Crippen LogP contribution is 2.19. The molecule has 1 rings (SSSR count). The predicted octanol–water partition coefficient (Wildman–Crippen LogP) is 2.34. The van der Waals surface area contributed by atoms with Gasteiger partial charge >= 0.3 is 0 Å². The Hall–Kier alpha value is -0.900. The van der Waals surface area contributed by atoms with Crippen molar-refractivity contribution in [3.8, 4) is 0 Å². The van der Waals surface area contributed by atoms with Crippen LogP contribution in [0.5, 0.6) is 0 Å². The van der Waals surface area contributed by atoms with Crippen molar-refractivity contribution in [1.82, 2.24) is 10.3 Å². The molecule has 15 heavy (non-hydrogen) atoms. The Morgan fingerprint density at radius 1 is 1.60 bits per heavy atom. The second-order valence-electron chi connectivity index (χ2n) is 3.79. The molecular formula is C11H18N2OS. The van der Waals surface area contributed by atoms with Gasteiger partial charge in [0.2, 0.25) is 5.91 Å². The molecule has 0 aromatic carbocycles. The molecule has 0 aliphatic rings. The van der Waals surface area contributed by atoms with Crippen LogP contribution in [0.4, 0.5) is 0 Å². The van der Waals surface area contributed by atoms with Crippen LogP contribution in [0.1, 0.15) is 43.8 Å². The summed E-state index contributed by atoms with van der Waals surface area (Å²) in [5.74, 6) is 0.600. The zero-order valence-corrected chi connectivity index (χ0v) is 10.4. The third-order valence-electron chi connectivity index (χ3n) is 2.09. The van der Waals surface area contributed by atoms with Crippen molar-refractivity contribution in [2.24, 2.45) is 0 Å². The van der Waals surface area contributed by atoms with Crippen LogP contribution in [0.2, 0.25) is 0 Å². The maximum Gasteiger partial charge on any atom is 0.219 e. The van der Waals surface area contributed by atoms with Gasteiger partial charge in [-0.2, -0.15) is 0 Å². The first-order valence-corrected chi connectivity index (χ1v) is 6.22. The Morgan fingerprint density at radius 2 is 2.33 bits per heavy atom. The van der Waals surface area contributed by atoms with E-state index in [4.69, 9.17) is 0 Å². The number of nitrogens with zero attached hydrogens (tertiary/aromatic N) is 1. The van der Waals surface area contributed by atoms with Crippen molar-refractivity contribution in [3.63, 3.8) is 0 Å². The number of hydrogen-bond donors (Lipinski definition) is 1. The summed E-state index contributed by atoms with van der Waals surface area (Å²) in [6, 6.07) is 0. The number of aromatic nitrogens is 1. The van der Waals surface area contributed by atoms with Gasteiger partial charge in [0.05, 0.1) is 10.7 Å². The highest BCUT2D eigenvalue weighted by Gasteiger charge is 2.05. The SMILES string of the molecule is CCC(=O)NCCc1csc(C(C)C)n1. The lowest BCUT2D eigenvalue weighted by Crippen LogP contribution is -2.24. The van der Waals surface area contributed by atoms with Crippen LogP contribution >= 0.6 is 11.3 Å². The Labute approximate surface area is 94.9 Å². The standard InChI is InChI=1S/C11H18N2OS/c1-4-10(14)12-6-5-9-7-15-11(13-9)8(2)3/h7-8H,4-6H2,1-3H3,(H,12,14). The van der Waals surface area contributed by atoms with Gasteiger partial charge in [0.25, 0.3) is 0 Å². The molecule has 0 aliphatic carbocycles. The van der Waals surface area contributed by atoms with Crippen LogP contribution in [-0.4, -0.2) is 17.4 Å². The van der Waals surface area contributed by atoms with Crippen LogP contribution in [0.3, 0.4) is 0 Å². The van der Waals surface area contributed by atoms with Gasteiger partial charge in [-0.3, -0.25) is 4.79 Å². The summed E-state index contributed by atoms with van der Waals surface area (Å²) in [6.45, 7) is 6.83. The molecule has 0 bridgehead atoms. The third kappa shape index (κ3) is 4.00. The first kappa shape index (κ1) is 12.2. The van der Waals surface area contributed by atoms with Crippen LogP contribution in [0, 0.1) is 0 Å². The molecule has 1 heterocycles. The first-order valence-electron chi connectivity index (χ1n) is 5.34. The molecule has 1 aromatic heterocycles. The van der Waals surface area contributed by atoms with Gasteiger partial charge in [0, 0.05) is 30.7 Å². The van der Waals surface area contributed by atoms with E-state index in [0.29, 0.717) is 18.9 Å². The van der Waals surface area contributed by atoms with Crippen molar-refractivity contribution in [1.29, 1.82) is 0 Å². The third-order valence-corrected chi connectivity index (χ3v) is 3.28. The monoisotopic (exact) mass is 226 g/mol. The van der Waals surface area contributed by atoms with Crippen LogP contribution in [-0.2, 0) is 11.2 Å². The summed E-state index contributed by atoms with van der Waals surface area (Å²) in [4.78, 5) is 15.5. The number of carbonyl (C=O) groups is 1. The highest BCUT2D eigenvalue weighted by molar-refractivity contribution is 7.09. The zero-order valence-electron chi connectivity index (χ0n) is 9.54. The molecule has 0 radical (unpaired) electrons. The minimum absolute atomic E-state index is 0.106. The summed E-state index contributed by atoms with van der Waals surface area (Å²) in [6.07, 6.45) is 1.38. The van der Waals surface area contributed by atoms with E-state index >= 15 is 0 Å². The fourth-order valence-electron chi connectivity index (χ4n) is 1.16. The number of hydrogen-bond acceptors (Lipinski definition) is 3. The lowest BCUT2D eigenvalue weighted by molar-refractivity contribution is -0.120. The average molecular weight is 226 g/mol. The predicted molar refractivity (Wildman–Crippen MR) is 63.2 cm³/mol. The fourth-order valence-corrected chi connectivity index (χ4v) is 2.03. The number of carbonyl (C=O) groups excluding carboxylic acids is 1. The largest absolute Gasteiger partial charge is 0.356 e.